The summed E-state index contributed by atoms with van der Waals surface area (Å²) < 4.78 is 6.60. The molecule has 0 bridgehead atoms. The largest absolute Gasteiger partial charge is 0.384 e. The summed E-state index contributed by atoms with van der Waals surface area (Å²) >= 11 is 7.88. The van der Waals surface area contributed by atoms with E-state index in [1.54, 1.807) is 29.7 Å². The summed E-state index contributed by atoms with van der Waals surface area (Å²) in [4.78, 5) is 4.52. The molecule has 0 amide bonds. The Balaban J connectivity index is 1.80. The van der Waals surface area contributed by atoms with Gasteiger partial charge < -0.3 is 10.6 Å². The smallest absolute Gasteiger partial charge is 0.210 e. The van der Waals surface area contributed by atoms with E-state index in [4.69, 9.17) is 22.2 Å². The number of nitrogens with two attached hydrogens (primary N) is 1. The van der Waals surface area contributed by atoms with E-state index in [2.05, 4.69) is 15.2 Å². The maximum Gasteiger partial charge on any atom is 0.210 e. The molecule has 2 aromatic heterocycles. The van der Waals surface area contributed by atoms with Crippen molar-refractivity contribution in [3.05, 3.63) is 34.4 Å². The zero-order valence-electron chi connectivity index (χ0n) is 12.3. The molecule has 2 N–H and O–H groups in total. The van der Waals surface area contributed by atoms with Crippen molar-refractivity contribution in [3.8, 4) is 0 Å². The van der Waals surface area contributed by atoms with Gasteiger partial charge in [-0.25, -0.2) is 4.68 Å². The quantitative estimate of drug-likeness (QED) is 0.843. The van der Waals surface area contributed by atoms with Gasteiger partial charge in [0.05, 0.1) is 17.6 Å². The van der Waals surface area contributed by atoms with Gasteiger partial charge in [-0.2, -0.15) is 0 Å². The standard InChI is InChI=1S/C14H18ClN5OS/c1-21-8-6-12-18-19-14(20(12)16)22-11-4-2-3-9-10(15)5-7-17-13(9)11/h5,7,11H,2-4,6,8,16H2,1H3. The number of rotatable bonds is 5. The molecule has 8 heteroatoms. The van der Waals surface area contributed by atoms with Crippen LogP contribution < -0.4 is 5.84 Å². The molecule has 3 rings (SSSR count). The van der Waals surface area contributed by atoms with Gasteiger partial charge >= 0.3 is 0 Å². The molecule has 0 aliphatic heterocycles. The van der Waals surface area contributed by atoms with E-state index in [9.17, 15) is 0 Å². The fraction of sp³-hybridized carbons (Fsp3) is 0.500. The molecule has 1 atom stereocenters. The van der Waals surface area contributed by atoms with Gasteiger partial charge in [0.1, 0.15) is 0 Å². The Labute approximate surface area is 138 Å². The number of methoxy groups -OCH3 is 1. The van der Waals surface area contributed by atoms with E-state index < -0.39 is 0 Å². The first-order valence-corrected chi connectivity index (χ1v) is 8.44. The zero-order chi connectivity index (χ0) is 15.5. The van der Waals surface area contributed by atoms with Crippen LogP contribution in [-0.4, -0.2) is 33.6 Å². The van der Waals surface area contributed by atoms with Gasteiger partial charge in [0.25, 0.3) is 0 Å². The lowest BCUT2D eigenvalue weighted by Gasteiger charge is -2.23. The first-order valence-electron chi connectivity index (χ1n) is 7.19. The van der Waals surface area contributed by atoms with Gasteiger partial charge in [-0.15, -0.1) is 10.2 Å². The van der Waals surface area contributed by atoms with Crippen molar-refractivity contribution in [1.82, 2.24) is 19.9 Å². The van der Waals surface area contributed by atoms with Gasteiger partial charge in [-0.05, 0) is 30.9 Å². The number of nitrogens with zero attached hydrogens (tertiary/aromatic N) is 4. The highest BCUT2D eigenvalue weighted by molar-refractivity contribution is 7.99. The van der Waals surface area contributed by atoms with Crippen LogP contribution in [0.1, 0.15) is 35.2 Å². The van der Waals surface area contributed by atoms with Crippen molar-refractivity contribution < 1.29 is 4.74 Å². The fourth-order valence-corrected chi connectivity index (χ4v) is 4.01. The summed E-state index contributed by atoms with van der Waals surface area (Å²) in [5.74, 6) is 6.80. The summed E-state index contributed by atoms with van der Waals surface area (Å²) in [7, 11) is 1.65. The van der Waals surface area contributed by atoms with Crippen molar-refractivity contribution in [2.45, 2.75) is 36.1 Å². The minimum absolute atomic E-state index is 0.212. The summed E-state index contributed by atoms with van der Waals surface area (Å²) in [6.07, 6.45) is 5.51. The van der Waals surface area contributed by atoms with Crippen LogP contribution in [0.25, 0.3) is 0 Å². The molecule has 0 saturated carbocycles. The summed E-state index contributed by atoms with van der Waals surface area (Å²) in [6, 6.07) is 1.85. The highest BCUT2D eigenvalue weighted by Crippen LogP contribution is 2.43. The first kappa shape index (κ1) is 15.6. The van der Waals surface area contributed by atoms with E-state index in [-0.39, 0.29) is 5.25 Å². The van der Waals surface area contributed by atoms with Crippen LogP contribution in [0, 0.1) is 0 Å². The second-order valence-electron chi connectivity index (χ2n) is 5.17. The molecule has 0 saturated heterocycles. The third-order valence-electron chi connectivity index (χ3n) is 3.74. The number of aromatic nitrogens is 4. The Morgan fingerprint density at radius 1 is 1.50 bits per heavy atom. The van der Waals surface area contributed by atoms with Crippen LogP contribution in [-0.2, 0) is 17.6 Å². The van der Waals surface area contributed by atoms with Gasteiger partial charge in [0.2, 0.25) is 5.16 Å². The molecule has 1 aliphatic rings. The number of nitrogen functional groups attached to an aromatic ring is 1. The molecular formula is C14H18ClN5OS. The summed E-state index contributed by atoms with van der Waals surface area (Å²) in [5.41, 5.74) is 2.20. The Hall–Kier alpha value is -1.31. The van der Waals surface area contributed by atoms with Gasteiger partial charge in [0.15, 0.2) is 5.82 Å². The normalized spacial score (nSPS) is 17.5. The molecule has 2 heterocycles. The van der Waals surface area contributed by atoms with E-state index in [0.29, 0.717) is 18.2 Å². The number of halogens is 1. The van der Waals surface area contributed by atoms with E-state index >= 15 is 0 Å². The molecule has 1 unspecified atom stereocenters. The number of hydrogen-bond donors (Lipinski definition) is 1. The van der Waals surface area contributed by atoms with Crippen molar-refractivity contribution in [2.75, 3.05) is 19.6 Å². The average molecular weight is 340 g/mol. The van der Waals surface area contributed by atoms with Crippen LogP contribution in [0.2, 0.25) is 5.02 Å². The second kappa shape index (κ2) is 6.85. The van der Waals surface area contributed by atoms with Gasteiger partial charge in [0, 0.05) is 24.8 Å². The maximum atomic E-state index is 6.28. The van der Waals surface area contributed by atoms with Gasteiger partial charge in [-0.1, -0.05) is 23.4 Å². The zero-order valence-corrected chi connectivity index (χ0v) is 13.9. The SMILES string of the molecule is COCCc1nnc(SC2CCCc3c(Cl)ccnc32)n1N. The molecule has 6 nitrogen and oxygen atoms in total. The third-order valence-corrected chi connectivity index (χ3v) is 5.33. The molecule has 0 spiro atoms. The summed E-state index contributed by atoms with van der Waals surface area (Å²) in [6.45, 7) is 0.573. The first-order chi connectivity index (χ1) is 10.7. The van der Waals surface area contributed by atoms with Crippen molar-refractivity contribution in [1.29, 1.82) is 0 Å². The lowest BCUT2D eigenvalue weighted by atomic mass is 9.96. The highest BCUT2D eigenvalue weighted by atomic mass is 35.5. The number of ether oxygens (including phenoxy) is 1. The fourth-order valence-electron chi connectivity index (χ4n) is 2.60. The molecule has 0 fully saturated rings. The summed E-state index contributed by atoms with van der Waals surface area (Å²) in [5, 5.41) is 10.0. The monoisotopic (exact) mass is 339 g/mol. The molecule has 2 aromatic rings. The topological polar surface area (TPSA) is 78.9 Å². The lowest BCUT2D eigenvalue weighted by Crippen LogP contribution is -2.17. The van der Waals surface area contributed by atoms with Crippen molar-refractivity contribution in [3.63, 3.8) is 0 Å². The van der Waals surface area contributed by atoms with E-state index in [1.807, 2.05) is 6.07 Å². The molecule has 1 aliphatic carbocycles. The van der Waals surface area contributed by atoms with Crippen LogP contribution in [0.5, 0.6) is 0 Å². The molecule has 0 radical (unpaired) electrons. The number of fused-ring (bicyclic) bond motifs is 1. The van der Waals surface area contributed by atoms with Crippen LogP contribution in [0.4, 0.5) is 0 Å². The van der Waals surface area contributed by atoms with Crippen LogP contribution in [0.3, 0.4) is 0 Å². The Bertz CT molecular complexity index is 663. The second-order valence-corrected chi connectivity index (χ2v) is 6.74. The van der Waals surface area contributed by atoms with Crippen LogP contribution in [0.15, 0.2) is 17.4 Å². The third kappa shape index (κ3) is 3.06. The number of hydrogen-bond acceptors (Lipinski definition) is 6. The van der Waals surface area contributed by atoms with Crippen LogP contribution >= 0.6 is 23.4 Å². The lowest BCUT2D eigenvalue weighted by molar-refractivity contribution is 0.200. The minimum atomic E-state index is 0.212. The molecule has 22 heavy (non-hydrogen) atoms. The predicted octanol–water partition coefficient (Wildman–Crippen LogP) is 2.40. The Morgan fingerprint density at radius 3 is 3.18 bits per heavy atom. The van der Waals surface area contributed by atoms with Crippen molar-refractivity contribution >= 4 is 23.4 Å². The Morgan fingerprint density at radius 2 is 2.36 bits per heavy atom. The molecular weight excluding hydrogens is 322 g/mol. The Kier molecular flexibility index (Phi) is 4.85. The predicted molar refractivity (Wildman–Crippen MR) is 86.5 cm³/mol. The molecule has 0 aromatic carbocycles. The van der Waals surface area contributed by atoms with Gasteiger partial charge in [-0.3, -0.25) is 4.98 Å². The van der Waals surface area contributed by atoms with E-state index in [0.717, 1.165) is 41.4 Å². The number of thioether (sulfide) groups is 1. The maximum absolute atomic E-state index is 6.28. The molecule has 118 valence electrons. The number of pyridine rings is 1. The van der Waals surface area contributed by atoms with Crippen molar-refractivity contribution in [2.24, 2.45) is 0 Å². The van der Waals surface area contributed by atoms with E-state index in [1.165, 1.54) is 0 Å². The highest BCUT2D eigenvalue weighted by Gasteiger charge is 2.26. The average Bonchev–Trinajstić information content (AvgIpc) is 2.87. The minimum Gasteiger partial charge on any atom is -0.384 e.